The molecule has 1 aromatic heterocycles. The molecule has 0 saturated heterocycles. The van der Waals surface area contributed by atoms with Gasteiger partial charge in [-0.05, 0) is 86.3 Å². The highest BCUT2D eigenvalue weighted by atomic mass is 32.1. The first-order valence-electron chi connectivity index (χ1n) is 18.2. The number of benzene rings is 9. The van der Waals surface area contributed by atoms with Crippen molar-refractivity contribution in [2.75, 3.05) is 4.90 Å². The molecule has 0 atom stereocenters. The third kappa shape index (κ3) is 5.39. The fourth-order valence-corrected chi connectivity index (χ4v) is 9.42. The number of fused-ring (bicyclic) bond motifs is 6. The van der Waals surface area contributed by atoms with Crippen LogP contribution in [0.5, 0.6) is 0 Å². The summed E-state index contributed by atoms with van der Waals surface area (Å²) < 4.78 is 2.58. The van der Waals surface area contributed by atoms with E-state index in [2.05, 4.69) is 211 Å². The maximum absolute atomic E-state index is 2.44. The lowest BCUT2D eigenvalue weighted by Crippen LogP contribution is -2.12. The van der Waals surface area contributed by atoms with Crippen LogP contribution in [0, 0.1) is 0 Å². The predicted octanol–water partition coefficient (Wildman–Crippen LogP) is 14.7. The van der Waals surface area contributed by atoms with Gasteiger partial charge in [-0.25, -0.2) is 0 Å². The molecule has 0 fully saturated rings. The van der Waals surface area contributed by atoms with E-state index in [1.807, 2.05) is 11.3 Å². The molecule has 250 valence electrons. The highest BCUT2D eigenvalue weighted by Gasteiger charge is 2.29. The van der Waals surface area contributed by atoms with E-state index in [1.165, 1.54) is 69.5 Å². The zero-order valence-electron chi connectivity index (χ0n) is 29.1. The molecular weight excluding hydrogens is 659 g/mol. The minimum absolute atomic E-state index is 0.0307. The quantitative estimate of drug-likeness (QED) is 0.119. The Hall–Kier alpha value is -6.48. The number of rotatable bonds is 7. The van der Waals surface area contributed by atoms with Gasteiger partial charge in [-0.2, -0.15) is 0 Å². The average Bonchev–Trinajstić information content (AvgIpc) is 3.61. The molecule has 0 unspecified atom stereocenters. The molecule has 0 saturated carbocycles. The van der Waals surface area contributed by atoms with Crippen LogP contribution < -0.4 is 4.90 Å². The maximum Gasteiger partial charge on any atom is 0.0547 e. The lowest BCUT2D eigenvalue weighted by molar-refractivity contribution is 0.992. The monoisotopic (exact) mass is 693 g/mol. The molecule has 0 N–H and O–H groups in total. The van der Waals surface area contributed by atoms with Crippen molar-refractivity contribution in [1.29, 1.82) is 0 Å². The summed E-state index contributed by atoms with van der Waals surface area (Å²) in [5, 5.41) is 7.63. The molecule has 53 heavy (non-hydrogen) atoms. The van der Waals surface area contributed by atoms with Crippen LogP contribution in [0.2, 0.25) is 0 Å². The molecule has 1 nitrogen and oxygen atoms in total. The minimum Gasteiger partial charge on any atom is -0.310 e. The van der Waals surface area contributed by atoms with Gasteiger partial charge in [-0.1, -0.05) is 164 Å². The van der Waals surface area contributed by atoms with Crippen LogP contribution in [0.25, 0.3) is 52.8 Å². The number of thiophene rings is 1. The Bertz CT molecular complexity index is 2800. The third-order valence-corrected chi connectivity index (χ3v) is 11.7. The van der Waals surface area contributed by atoms with Crippen molar-refractivity contribution in [2.24, 2.45) is 0 Å². The van der Waals surface area contributed by atoms with Gasteiger partial charge in [0.15, 0.2) is 0 Å². The van der Waals surface area contributed by atoms with E-state index in [0.717, 1.165) is 17.1 Å². The van der Waals surface area contributed by atoms with Crippen LogP contribution in [0.15, 0.2) is 206 Å². The van der Waals surface area contributed by atoms with Crippen molar-refractivity contribution < 1.29 is 0 Å². The summed E-state index contributed by atoms with van der Waals surface area (Å²) in [6, 6.07) is 75.6. The summed E-state index contributed by atoms with van der Waals surface area (Å²) in [5.74, 6) is -0.0307. The Morgan fingerprint density at radius 3 is 1.57 bits per heavy atom. The molecule has 10 rings (SSSR count). The average molecular weight is 694 g/mol. The standard InChI is InChI=1S/C51H35NS/c1-5-18-36(19-6-1)47(37-20-7-2-8-21-37)51-43(32-31-38-30-29-35-17-13-14-26-41(35)48(38)51)49-44(33-34-46-50(49)42-27-15-16-28-45(42)53-46)52(39-22-9-3-10-23-39)40-24-11-4-12-25-40/h1-34,47H. The summed E-state index contributed by atoms with van der Waals surface area (Å²) in [6.45, 7) is 0. The van der Waals surface area contributed by atoms with E-state index in [9.17, 15) is 0 Å². The maximum atomic E-state index is 2.44. The third-order valence-electron chi connectivity index (χ3n) is 10.6. The molecule has 0 spiro atoms. The van der Waals surface area contributed by atoms with Gasteiger partial charge in [-0.3, -0.25) is 0 Å². The van der Waals surface area contributed by atoms with Gasteiger partial charge in [0.25, 0.3) is 0 Å². The van der Waals surface area contributed by atoms with Crippen LogP contribution in [0.3, 0.4) is 0 Å². The van der Waals surface area contributed by atoms with Crippen molar-refractivity contribution in [3.05, 3.63) is 223 Å². The summed E-state index contributed by atoms with van der Waals surface area (Å²) in [5.41, 5.74) is 9.74. The molecule has 9 aromatic carbocycles. The van der Waals surface area contributed by atoms with Gasteiger partial charge in [0.2, 0.25) is 0 Å². The van der Waals surface area contributed by atoms with Crippen LogP contribution in [0.1, 0.15) is 22.6 Å². The van der Waals surface area contributed by atoms with Gasteiger partial charge in [0.1, 0.15) is 0 Å². The van der Waals surface area contributed by atoms with Crippen molar-refractivity contribution in [3.8, 4) is 11.1 Å². The zero-order valence-corrected chi connectivity index (χ0v) is 29.9. The second kappa shape index (κ2) is 13.2. The van der Waals surface area contributed by atoms with Crippen LogP contribution >= 0.6 is 11.3 Å². The summed E-state index contributed by atoms with van der Waals surface area (Å²) in [6.07, 6.45) is 0. The molecule has 0 amide bonds. The molecule has 10 aromatic rings. The van der Waals surface area contributed by atoms with E-state index < -0.39 is 0 Å². The molecule has 0 aliphatic carbocycles. The highest BCUT2D eigenvalue weighted by Crippen LogP contribution is 2.52. The van der Waals surface area contributed by atoms with E-state index in [4.69, 9.17) is 0 Å². The molecule has 0 aliphatic heterocycles. The molecule has 0 bridgehead atoms. The summed E-state index contributed by atoms with van der Waals surface area (Å²) >= 11 is 1.88. The molecule has 0 aliphatic rings. The minimum atomic E-state index is -0.0307. The SMILES string of the molecule is c1ccc(C(c2ccccc2)c2c(-c3c(N(c4ccccc4)c4ccccc4)ccc4sc5ccccc5c34)ccc3ccc4ccccc4c23)cc1. The van der Waals surface area contributed by atoms with Crippen molar-refractivity contribution in [2.45, 2.75) is 5.92 Å². The first-order chi connectivity index (χ1) is 26.3. The summed E-state index contributed by atoms with van der Waals surface area (Å²) in [4.78, 5) is 2.44. The predicted molar refractivity (Wildman–Crippen MR) is 228 cm³/mol. The Morgan fingerprint density at radius 2 is 0.906 bits per heavy atom. The molecule has 0 radical (unpaired) electrons. The Balaban J connectivity index is 1.43. The van der Waals surface area contributed by atoms with Gasteiger partial charge in [-0.15, -0.1) is 11.3 Å². The highest BCUT2D eigenvalue weighted by molar-refractivity contribution is 7.26. The van der Waals surface area contributed by atoms with Crippen molar-refractivity contribution in [1.82, 2.24) is 0 Å². The first-order valence-corrected chi connectivity index (χ1v) is 19.0. The second-order valence-electron chi connectivity index (χ2n) is 13.6. The fraction of sp³-hybridized carbons (Fsp3) is 0.0196. The van der Waals surface area contributed by atoms with Gasteiger partial charge >= 0.3 is 0 Å². The number of nitrogens with zero attached hydrogens (tertiary/aromatic N) is 1. The molecule has 2 heteroatoms. The van der Waals surface area contributed by atoms with Crippen LogP contribution in [-0.4, -0.2) is 0 Å². The van der Waals surface area contributed by atoms with Gasteiger partial charge in [0, 0.05) is 43.0 Å². The lowest BCUT2D eigenvalue weighted by atomic mass is 9.77. The molecular formula is C51H35NS. The fourth-order valence-electron chi connectivity index (χ4n) is 8.31. The second-order valence-corrected chi connectivity index (χ2v) is 14.7. The largest absolute Gasteiger partial charge is 0.310 e. The Morgan fingerprint density at radius 1 is 0.377 bits per heavy atom. The number of para-hydroxylation sites is 2. The molecule has 1 heterocycles. The zero-order chi connectivity index (χ0) is 35.1. The van der Waals surface area contributed by atoms with E-state index in [-0.39, 0.29) is 5.92 Å². The number of hydrogen-bond donors (Lipinski definition) is 0. The normalized spacial score (nSPS) is 11.6. The first kappa shape index (κ1) is 31.3. The Kier molecular flexibility index (Phi) is 7.82. The topological polar surface area (TPSA) is 3.24 Å². The van der Waals surface area contributed by atoms with Crippen LogP contribution in [-0.2, 0) is 0 Å². The lowest BCUT2D eigenvalue weighted by Gasteiger charge is -2.31. The van der Waals surface area contributed by atoms with E-state index in [1.54, 1.807) is 0 Å². The van der Waals surface area contributed by atoms with E-state index in [0.29, 0.717) is 0 Å². The van der Waals surface area contributed by atoms with Crippen molar-refractivity contribution in [3.63, 3.8) is 0 Å². The summed E-state index contributed by atoms with van der Waals surface area (Å²) in [7, 11) is 0. The smallest absolute Gasteiger partial charge is 0.0547 e. The Labute approximate surface area is 313 Å². The van der Waals surface area contributed by atoms with E-state index >= 15 is 0 Å². The van der Waals surface area contributed by atoms with Crippen LogP contribution in [0.4, 0.5) is 17.1 Å². The number of anilines is 3. The number of hydrogen-bond acceptors (Lipinski definition) is 2. The van der Waals surface area contributed by atoms with Crippen molar-refractivity contribution >= 4 is 70.1 Å². The van der Waals surface area contributed by atoms with Gasteiger partial charge < -0.3 is 4.90 Å². The van der Waals surface area contributed by atoms with Gasteiger partial charge in [0.05, 0.1) is 5.69 Å².